The number of hydrogen-bond acceptors (Lipinski definition) is 2. The van der Waals surface area contributed by atoms with Crippen LogP contribution in [0.4, 0.5) is 0 Å². The van der Waals surface area contributed by atoms with E-state index in [2.05, 4.69) is 5.32 Å². The largest absolute Gasteiger partial charge is 0.352 e. The molecule has 0 aliphatic carbocycles. The molecule has 1 unspecified atom stereocenters. The molecule has 0 spiro atoms. The van der Waals surface area contributed by atoms with Gasteiger partial charge in [-0.25, -0.2) is 4.21 Å². The summed E-state index contributed by atoms with van der Waals surface area (Å²) in [6.07, 6.45) is 0. The van der Waals surface area contributed by atoms with E-state index in [0.29, 0.717) is 11.4 Å². The first-order valence-electron chi connectivity index (χ1n) is 4.04. The van der Waals surface area contributed by atoms with E-state index in [-0.39, 0.29) is 5.91 Å². The van der Waals surface area contributed by atoms with Crippen LogP contribution >= 0.6 is 0 Å². The molecule has 1 atom stereocenters. The summed E-state index contributed by atoms with van der Waals surface area (Å²) >= 11 is -1.94. The first kappa shape index (κ1) is 10.9. The lowest BCUT2D eigenvalue weighted by atomic mass is 10.2. The van der Waals surface area contributed by atoms with Crippen molar-refractivity contribution in [2.45, 2.75) is 18.4 Å². The van der Waals surface area contributed by atoms with Crippen molar-refractivity contribution in [2.75, 3.05) is 0 Å². The van der Waals surface area contributed by atoms with Crippen molar-refractivity contribution in [1.82, 2.24) is 5.32 Å². The molecule has 0 bridgehead atoms. The highest BCUT2D eigenvalue weighted by Gasteiger charge is 1.99. The quantitative estimate of drug-likeness (QED) is 0.733. The van der Waals surface area contributed by atoms with E-state index in [0.717, 1.165) is 5.56 Å². The van der Waals surface area contributed by atoms with Gasteiger partial charge in [-0.05, 0) is 17.7 Å². The second-order valence-corrected chi connectivity index (χ2v) is 3.77. The Morgan fingerprint density at radius 3 is 2.43 bits per heavy atom. The number of hydrogen-bond donors (Lipinski definition) is 2. The summed E-state index contributed by atoms with van der Waals surface area (Å²) in [6.45, 7) is 1.88. The summed E-state index contributed by atoms with van der Waals surface area (Å²) in [5, 5.41) is 2.63. The van der Waals surface area contributed by atoms with Crippen molar-refractivity contribution in [3.05, 3.63) is 29.8 Å². The summed E-state index contributed by atoms with van der Waals surface area (Å²) in [6, 6.07) is 6.54. The number of nitrogens with one attached hydrogen (secondary N) is 1. The maximum Gasteiger partial charge on any atom is 0.217 e. The van der Waals surface area contributed by atoms with Gasteiger partial charge in [0.15, 0.2) is 11.1 Å². The second kappa shape index (κ2) is 4.88. The number of carbonyl (C=O) groups excluding carboxylic acids is 1. The van der Waals surface area contributed by atoms with E-state index >= 15 is 0 Å². The molecule has 1 aromatic carbocycles. The lowest BCUT2D eigenvalue weighted by molar-refractivity contribution is -0.119. The van der Waals surface area contributed by atoms with Crippen molar-refractivity contribution in [3.63, 3.8) is 0 Å². The third-order valence-electron chi connectivity index (χ3n) is 1.67. The topological polar surface area (TPSA) is 66.4 Å². The molecule has 0 fully saturated rings. The molecule has 0 aliphatic rings. The zero-order valence-electron chi connectivity index (χ0n) is 7.69. The molecule has 0 saturated heterocycles. The Kier molecular flexibility index (Phi) is 3.79. The van der Waals surface area contributed by atoms with Crippen molar-refractivity contribution in [2.24, 2.45) is 0 Å². The standard InChI is InChI=1S/C9H11NO3S/c1-7(11)10-6-8-2-4-9(5-3-8)14(12)13/h2-5H,6H2,1H3,(H,10,11)(H,12,13). The van der Waals surface area contributed by atoms with Crippen LogP contribution in [0.3, 0.4) is 0 Å². The fraction of sp³-hybridized carbons (Fsp3) is 0.222. The van der Waals surface area contributed by atoms with E-state index in [1.165, 1.54) is 6.92 Å². The zero-order chi connectivity index (χ0) is 10.6. The average Bonchev–Trinajstić information content (AvgIpc) is 2.15. The predicted octanol–water partition coefficient (Wildman–Crippen LogP) is 0.903. The van der Waals surface area contributed by atoms with Gasteiger partial charge in [-0.15, -0.1) is 0 Å². The highest BCUT2D eigenvalue weighted by molar-refractivity contribution is 7.79. The van der Waals surface area contributed by atoms with Gasteiger partial charge in [-0.1, -0.05) is 12.1 Å². The van der Waals surface area contributed by atoms with Crippen LogP contribution in [0.5, 0.6) is 0 Å². The molecule has 1 amide bonds. The zero-order valence-corrected chi connectivity index (χ0v) is 8.50. The summed E-state index contributed by atoms with van der Waals surface area (Å²) in [7, 11) is 0. The Bertz CT molecular complexity index is 348. The molecule has 1 rings (SSSR count). The van der Waals surface area contributed by atoms with Crippen molar-refractivity contribution >= 4 is 17.0 Å². The molecular weight excluding hydrogens is 202 g/mol. The first-order valence-corrected chi connectivity index (χ1v) is 5.14. The van der Waals surface area contributed by atoms with Crippen LogP contribution in [-0.4, -0.2) is 14.7 Å². The molecule has 1 aromatic rings. The van der Waals surface area contributed by atoms with Crippen LogP contribution in [0.2, 0.25) is 0 Å². The SMILES string of the molecule is CC(=O)NCc1ccc(S(=O)O)cc1. The molecule has 0 heterocycles. The molecule has 4 nitrogen and oxygen atoms in total. The molecule has 0 aromatic heterocycles. The van der Waals surface area contributed by atoms with Gasteiger partial charge < -0.3 is 9.87 Å². The fourth-order valence-electron chi connectivity index (χ4n) is 0.950. The summed E-state index contributed by atoms with van der Waals surface area (Å²) in [5.41, 5.74) is 0.898. The average molecular weight is 213 g/mol. The van der Waals surface area contributed by atoms with E-state index in [9.17, 15) is 9.00 Å². The van der Waals surface area contributed by atoms with Gasteiger partial charge in [0.1, 0.15) is 0 Å². The summed E-state index contributed by atoms with van der Waals surface area (Å²) < 4.78 is 19.4. The molecule has 2 N–H and O–H groups in total. The van der Waals surface area contributed by atoms with Gasteiger partial charge in [-0.2, -0.15) is 0 Å². The van der Waals surface area contributed by atoms with E-state index < -0.39 is 11.1 Å². The Hall–Kier alpha value is -1.20. The van der Waals surface area contributed by atoms with Gasteiger partial charge >= 0.3 is 0 Å². The monoisotopic (exact) mass is 213 g/mol. The fourth-order valence-corrected chi connectivity index (χ4v) is 1.32. The molecule has 0 aliphatic heterocycles. The first-order chi connectivity index (χ1) is 6.59. The lowest BCUT2D eigenvalue weighted by Gasteiger charge is -2.02. The normalized spacial score (nSPS) is 12.1. The third kappa shape index (κ3) is 3.27. The van der Waals surface area contributed by atoms with Gasteiger partial charge in [0.05, 0.1) is 4.90 Å². The van der Waals surface area contributed by atoms with Crippen molar-refractivity contribution in [3.8, 4) is 0 Å². The maximum atomic E-state index is 10.6. The molecule has 0 saturated carbocycles. The van der Waals surface area contributed by atoms with E-state index in [1.807, 2.05) is 0 Å². The summed E-state index contributed by atoms with van der Waals surface area (Å²) in [5.74, 6) is -0.0974. The van der Waals surface area contributed by atoms with Gasteiger partial charge in [0, 0.05) is 13.5 Å². The van der Waals surface area contributed by atoms with E-state index in [4.69, 9.17) is 4.55 Å². The highest BCUT2D eigenvalue weighted by atomic mass is 32.2. The third-order valence-corrected chi connectivity index (χ3v) is 2.34. The van der Waals surface area contributed by atoms with E-state index in [1.54, 1.807) is 24.3 Å². The maximum absolute atomic E-state index is 10.6. The Morgan fingerprint density at radius 2 is 2.00 bits per heavy atom. The lowest BCUT2D eigenvalue weighted by Crippen LogP contribution is -2.18. The van der Waals surface area contributed by atoms with Gasteiger partial charge in [0.2, 0.25) is 5.91 Å². The molecule has 14 heavy (non-hydrogen) atoms. The minimum Gasteiger partial charge on any atom is -0.352 e. The molecule has 5 heteroatoms. The molecular formula is C9H11NO3S. The Balaban J connectivity index is 2.64. The van der Waals surface area contributed by atoms with Crippen LogP contribution in [0.25, 0.3) is 0 Å². The number of amides is 1. The summed E-state index contributed by atoms with van der Waals surface area (Å²) in [4.78, 5) is 11.0. The van der Waals surface area contributed by atoms with Crippen LogP contribution < -0.4 is 5.32 Å². The Morgan fingerprint density at radius 1 is 1.43 bits per heavy atom. The van der Waals surface area contributed by atoms with Crippen LogP contribution in [0.15, 0.2) is 29.2 Å². The van der Waals surface area contributed by atoms with Gasteiger partial charge in [-0.3, -0.25) is 4.79 Å². The molecule has 76 valence electrons. The Labute approximate surface area is 84.6 Å². The predicted molar refractivity (Wildman–Crippen MR) is 53.0 cm³/mol. The second-order valence-electron chi connectivity index (χ2n) is 2.80. The number of rotatable bonds is 3. The van der Waals surface area contributed by atoms with Crippen molar-refractivity contribution < 1.29 is 13.6 Å². The number of benzene rings is 1. The van der Waals surface area contributed by atoms with Crippen LogP contribution in [0, 0.1) is 0 Å². The minimum atomic E-state index is -1.94. The smallest absolute Gasteiger partial charge is 0.217 e. The number of carbonyl (C=O) groups is 1. The highest BCUT2D eigenvalue weighted by Crippen LogP contribution is 2.06. The van der Waals surface area contributed by atoms with Crippen LogP contribution in [0.1, 0.15) is 12.5 Å². The van der Waals surface area contributed by atoms with Crippen molar-refractivity contribution in [1.29, 1.82) is 0 Å². The van der Waals surface area contributed by atoms with Crippen LogP contribution in [-0.2, 0) is 22.4 Å². The minimum absolute atomic E-state index is 0.0974. The van der Waals surface area contributed by atoms with Gasteiger partial charge in [0.25, 0.3) is 0 Å². The molecule has 0 radical (unpaired) electrons.